The van der Waals surface area contributed by atoms with Crippen molar-refractivity contribution in [2.75, 3.05) is 0 Å². The van der Waals surface area contributed by atoms with Crippen molar-refractivity contribution in [2.24, 2.45) is 0 Å². The van der Waals surface area contributed by atoms with Gasteiger partial charge in [-0.15, -0.1) is 0 Å². The zero-order valence-corrected chi connectivity index (χ0v) is 17.4. The van der Waals surface area contributed by atoms with Crippen LogP contribution in [0.1, 0.15) is 23.0 Å². The molecule has 30 heavy (non-hydrogen) atoms. The summed E-state index contributed by atoms with van der Waals surface area (Å²) >= 11 is 1.44. The van der Waals surface area contributed by atoms with Gasteiger partial charge >= 0.3 is 0 Å². The van der Waals surface area contributed by atoms with Gasteiger partial charge in [-0.25, -0.2) is 14.6 Å². The van der Waals surface area contributed by atoms with Gasteiger partial charge in [-0.2, -0.15) is 5.10 Å². The Bertz CT molecular complexity index is 1370. The normalized spacial score (nSPS) is 12.5. The Hall–Kier alpha value is -3.45. The summed E-state index contributed by atoms with van der Waals surface area (Å²) in [4.78, 5) is 25.5. The van der Waals surface area contributed by atoms with E-state index in [9.17, 15) is 4.79 Å². The summed E-state index contributed by atoms with van der Waals surface area (Å²) < 4.78 is 1.79. The van der Waals surface area contributed by atoms with Gasteiger partial charge in [0.1, 0.15) is 11.4 Å². The molecular formula is C23H19N5OS. The summed E-state index contributed by atoms with van der Waals surface area (Å²) in [5.74, 6) is 0.0807. The van der Waals surface area contributed by atoms with Crippen LogP contribution in [0.4, 0.5) is 0 Å². The largest absolute Gasteiger partial charge is 0.358 e. The summed E-state index contributed by atoms with van der Waals surface area (Å²) in [6.45, 7) is 3.86. The molecular weight excluding hydrogens is 394 g/mol. The van der Waals surface area contributed by atoms with E-state index in [1.807, 2.05) is 68.4 Å². The number of H-pyrrole nitrogens is 1. The Morgan fingerprint density at radius 3 is 2.63 bits per heavy atom. The average molecular weight is 414 g/mol. The molecule has 6 nitrogen and oxygen atoms in total. The molecule has 0 radical (unpaired) electrons. The Labute approximate surface area is 177 Å². The lowest BCUT2D eigenvalue weighted by atomic mass is 10.1. The van der Waals surface area contributed by atoms with E-state index in [1.165, 1.54) is 18.1 Å². The maximum absolute atomic E-state index is 13.3. The number of para-hydroxylation sites is 2. The van der Waals surface area contributed by atoms with Crippen LogP contribution in [0.3, 0.4) is 0 Å². The number of benzene rings is 2. The van der Waals surface area contributed by atoms with E-state index >= 15 is 0 Å². The number of carbonyl (C=O) groups is 1. The molecule has 0 amide bonds. The molecule has 0 aliphatic carbocycles. The monoisotopic (exact) mass is 413 g/mol. The van der Waals surface area contributed by atoms with E-state index < -0.39 is 0 Å². The number of aryl methyl sites for hydroxylation is 1. The van der Waals surface area contributed by atoms with E-state index in [2.05, 4.69) is 20.1 Å². The molecule has 5 rings (SSSR count). The van der Waals surface area contributed by atoms with Crippen molar-refractivity contribution in [2.45, 2.75) is 24.1 Å². The van der Waals surface area contributed by atoms with Crippen LogP contribution in [0, 0.1) is 6.92 Å². The molecule has 0 saturated carbocycles. The van der Waals surface area contributed by atoms with Crippen LogP contribution in [0.2, 0.25) is 0 Å². The van der Waals surface area contributed by atoms with Crippen LogP contribution < -0.4 is 0 Å². The highest BCUT2D eigenvalue weighted by Gasteiger charge is 2.24. The van der Waals surface area contributed by atoms with Crippen molar-refractivity contribution in [1.29, 1.82) is 0 Å². The Balaban J connectivity index is 1.49. The standard InChI is InChI=1S/C23H19N5OS/c1-14-20(17-10-6-7-11-19(17)27-14)21(29)15(2)30-23-18-12-26-28(22(18)24-13-25-23)16-8-4-3-5-9-16/h3-13,15,27H,1-2H3. The molecule has 5 aromatic rings. The number of nitrogens with one attached hydrogen (secondary N) is 1. The highest BCUT2D eigenvalue weighted by Crippen LogP contribution is 2.32. The molecule has 0 aliphatic rings. The van der Waals surface area contributed by atoms with Crippen LogP contribution in [0.25, 0.3) is 27.6 Å². The van der Waals surface area contributed by atoms with Gasteiger partial charge in [0.2, 0.25) is 0 Å². The molecule has 7 heteroatoms. The number of ketones is 1. The van der Waals surface area contributed by atoms with Crippen molar-refractivity contribution in [3.63, 3.8) is 0 Å². The van der Waals surface area contributed by atoms with Crippen molar-refractivity contribution in [3.8, 4) is 5.69 Å². The smallest absolute Gasteiger partial charge is 0.178 e. The van der Waals surface area contributed by atoms with Crippen LogP contribution >= 0.6 is 11.8 Å². The third-order valence-electron chi connectivity index (χ3n) is 5.13. The van der Waals surface area contributed by atoms with E-state index in [1.54, 1.807) is 10.9 Å². The summed E-state index contributed by atoms with van der Waals surface area (Å²) in [5.41, 5.74) is 4.26. The number of aromatic nitrogens is 5. The minimum atomic E-state index is -0.305. The predicted molar refractivity (Wildman–Crippen MR) is 119 cm³/mol. The maximum Gasteiger partial charge on any atom is 0.178 e. The minimum Gasteiger partial charge on any atom is -0.358 e. The molecule has 2 aromatic carbocycles. The molecule has 3 aromatic heterocycles. The summed E-state index contributed by atoms with van der Waals surface area (Å²) in [6.07, 6.45) is 3.29. The third kappa shape index (κ3) is 3.07. The first-order chi connectivity index (χ1) is 14.6. The summed E-state index contributed by atoms with van der Waals surface area (Å²) in [7, 11) is 0. The number of nitrogens with zero attached hydrogens (tertiary/aromatic N) is 4. The third-order valence-corrected chi connectivity index (χ3v) is 6.24. The number of aromatic amines is 1. The lowest BCUT2D eigenvalue weighted by Crippen LogP contribution is -2.14. The molecule has 148 valence electrons. The van der Waals surface area contributed by atoms with Gasteiger partial charge in [0.15, 0.2) is 11.4 Å². The van der Waals surface area contributed by atoms with E-state index in [4.69, 9.17) is 0 Å². The van der Waals surface area contributed by atoms with Gasteiger partial charge in [0.05, 0.1) is 22.5 Å². The predicted octanol–water partition coefficient (Wildman–Crippen LogP) is 4.97. The molecule has 0 spiro atoms. The zero-order valence-electron chi connectivity index (χ0n) is 16.5. The SMILES string of the molecule is Cc1[nH]c2ccccc2c1C(=O)C(C)Sc1ncnc2c1cnn2-c1ccccc1. The Morgan fingerprint density at radius 1 is 1.03 bits per heavy atom. The second-order valence-corrected chi connectivity index (χ2v) is 8.43. The zero-order chi connectivity index (χ0) is 20.7. The highest BCUT2D eigenvalue weighted by molar-refractivity contribution is 8.00. The van der Waals surface area contributed by atoms with Crippen LogP contribution in [-0.4, -0.2) is 35.8 Å². The number of hydrogen-bond donors (Lipinski definition) is 1. The quantitative estimate of drug-likeness (QED) is 0.250. The topological polar surface area (TPSA) is 76.5 Å². The Kier molecular flexibility index (Phi) is 4.59. The molecule has 0 fully saturated rings. The van der Waals surface area contributed by atoms with E-state index in [0.717, 1.165) is 43.9 Å². The van der Waals surface area contributed by atoms with Crippen LogP contribution in [0.15, 0.2) is 72.1 Å². The van der Waals surface area contributed by atoms with Crippen molar-refractivity contribution in [3.05, 3.63) is 78.4 Å². The Morgan fingerprint density at radius 2 is 1.80 bits per heavy atom. The number of carbonyl (C=O) groups excluding carboxylic acids is 1. The minimum absolute atomic E-state index is 0.0807. The summed E-state index contributed by atoms with van der Waals surface area (Å²) in [5, 5.41) is 6.73. The average Bonchev–Trinajstić information content (AvgIpc) is 3.35. The first-order valence-corrected chi connectivity index (χ1v) is 10.5. The number of thioether (sulfide) groups is 1. The maximum atomic E-state index is 13.3. The molecule has 3 heterocycles. The molecule has 1 atom stereocenters. The molecule has 1 N–H and O–H groups in total. The summed E-state index contributed by atoms with van der Waals surface area (Å²) in [6, 6.07) is 17.7. The van der Waals surface area contributed by atoms with Crippen molar-refractivity contribution >= 4 is 39.5 Å². The molecule has 0 aliphatic heterocycles. The van der Waals surface area contributed by atoms with Crippen LogP contribution in [-0.2, 0) is 0 Å². The first-order valence-electron chi connectivity index (χ1n) is 9.66. The fourth-order valence-corrected chi connectivity index (χ4v) is 4.63. The van der Waals surface area contributed by atoms with Gasteiger partial charge in [0, 0.05) is 22.2 Å². The van der Waals surface area contributed by atoms with Crippen molar-refractivity contribution in [1.82, 2.24) is 24.7 Å². The number of hydrogen-bond acceptors (Lipinski definition) is 5. The van der Waals surface area contributed by atoms with Crippen LogP contribution in [0.5, 0.6) is 0 Å². The van der Waals surface area contributed by atoms with Gasteiger partial charge in [0.25, 0.3) is 0 Å². The number of rotatable bonds is 5. The lowest BCUT2D eigenvalue weighted by molar-refractivity contribution is 0.0995. The first kappa shape index (κ1) is 18.6. The fourth-order valence-electron chi connectivity index (χ4n) is 3.69. The highest BCUT2D eigenvalue weighted by atomic mass is 32.2. The van der Waals surface area contributed by atoms with Gasteiger partial charge < -0.3 is 4.98 Å². The van der Waals surface area contributed by atoms with E-state index in [0.29, 0.717) is 0 Å². The number of Topliss-reactive ketones (excluding diaryl/α,β-unsaturated/α-hetero) is 1. The van der Waals surface area contributed by atoms with E-state index in [-0.39, 0.29) is 11.0 Å². The molecule has 0 bridgehead atoms. The molecule has 0 saturated heterocycles. The fraction of sp³-hybridized carbons (Fsp3) is 0.130. The second-order valence-electron chi connectivity index (χ2n) is 7.10. The van der Waals surface area contributed by atoms with Gasteiger partial charge in [-0.05, 0) is 32.0 Å². The second kappa shape index (κ2) is 7.42. The molecule has 1 unspecified atom stereocenters. The van der Waals surface area contributed by atoms with Crippen molar-refractivity contribution < 1.29 is 4.79 Å². The lowest BCUT2D eigenvalue weighted by Gasteiger charge is -2.11. The van der Waals surface area contributed by atoms with Gasteiger partial charge in [-0.1, -0.05) is 48.2 Å². The van der Waals surface area contributed by atoms with Gasteiger partial charge in [-0.3, -0.25) is 4.79 Å². The number of fused-ring (bicyclic) bond motifs is 2.